The van der Waals surface area contributed by atoms with Gasteiger partial charge in [-0.05, 0) is 76.0 Å². The summed E-state index contributed by atoms with van der Waals surface area (Å²) in [6.45, 7) is 6.95. The Bertz CT molecular complexity index is 893. The van der Waals surface area contributed by atoms with Crippen molar-refractivity contribution in [3.8, 4) is 0 Å². The van der Waals surface area contributed by atoms with Gasteiger partial charge in [0.25, 0.3) is 0 Å². The van der Waals surface area contributed by atoms with Crippen LogP contribution < -0.4 is 5.32 Å². The van der Waals surface area contributed by atoms with Crippen molar-refractivity contribution in [3.63, 3.8) is 0 Å². The number of carbonyl (C=O) groups excluding carboxylic acids is 1. The predicted octanol–water partition coefficient (Wildman–Crippen LogP) is 1.77. The molecule has 2 fully saturated rings. The highest BCUT2D eigenvalue weighted by Crippen LogP contribution is 2.28. The fourth-order valence-corrected chi connectivity index (χ4v) is 6.46. The second-order valence-corrected chi connectivity index (χ2v) is 11.1. The van der Waals surface area contributed by atoms with Crippen LogP contribution in [0, 0.1) is 0 Å². The molecule has 0 aromatic heterocycles. The highest BCUT2D eigenvalue weighted by molar-refractivity contribution is 7.89. The van der Waals surface area contributed by atoms with Crippen LogP contribution in [0.25, 0.3) is 0 Å². The van der Waals surface area contributed by atoms with Crippen molar-refractivity contribution in [1.82, 2.24) is 14.1 Å². The quantitative estimate of drug-likeness (QED) is 0.662. The van der Waals surface area contributed by atoms with Gasteiger partial charge in [0.2, 0.25) is 15.9 Å². The largest absolute Gasteiger partial charge is 0.379 e. The summed E-state index contributed by atoms with van der Waals surface area (Å²) in [5.41, 5.74) is 1.65. The number of nitrogens with one attached hydrogen (secondary N) is 1. The fourth-order valence-electron chi connectivity index (χ4n) is 4.93. The lowest BCUT2D eigenvalue weighted by Crippen LogP contribution is -2.46. The maximum absolute atomic E-state index is 13.3. The van der Waals surface area contributed by atoms with Crippen molar-refractivity contribution in [2.45, 2.75) is 49.5 Å². The second-order valence-electron chi connectivity index (χ2n) is 9.14. The molecule has 0 spiro atoms. The summed E-state index contributed by atoms with van der Waals surface area (Å²) < 4.78 is 33.5. The molecule has 0 saturated carbocycles. The highest BCUT2D eigenvalue weighted by atomic mass is 32.2. The molecule has 3 aliphatic rings. The van der Waals surface area contributed by atoms with Crippen molar-refractivity contribution in [2.24, 2.45) is 0 Å². The van der Waals surface area contributed by atoms with E-state index in [9.17, 15) is 13.2 Å². The number of benzene rings is 1. The molecule has 9 heteroatoms. The van der Waals surface area contributed by atoms with Crippen LogP contribution in [0.3, 0.4) is 0 Å². The molecule has 2 saturated heterocycles. The Hall–Kier alpha value is -1.52. The van der Waals surface area contributed by atoms with Gasteiger partial charge in [0.1, 0.15) is 0 Å². The van der Waals surface area contributed by atoms with E-state index in [0.29, 0.717) is 30.4 Å². The van der Waals surface area contributed by atoms with Gasteiger partial charge in [0.15, 0.2) is 0 Å². The van der Waals surface area contributed by atoms with Gasteiger partial charge in [-0.15, -0.1) is 0 Å². The Morgan fingerprint density at radius 2 is 1.88 bits per heavy atom. The molecule has 3 aliphatic heterocycles. The number of hydrogen-bond acceptors (Lipinski definition) is 6. The first-order valence-corrected chi connectivity index (χ1v) is 13.3. The number of ether oxygens (including phenoxy) is 1. The lowest BCUT2D eigenvalue weighted by atomic mass is 10.1. The Labute approximate surface area is 191 Å². The molecular formula is C23H36N4O4S. The van der Waals surface area contributed by atoms with E-state index in [0.717, 1.165) is 82.7 Å². The van der Waals surface area contributed by atoms with Gasteiger partial charge in [-0.25, -0.2) is 8.42 Å². The molecule has 8 nitrogen and oxygen atoms in total. The van der Waals surface area contributed by atoms with Crippen LogP contribution in [0.4, 0.5) is 5.69 Å². The van der Waals surface area contributed by atoms with E-state index in [-0.39, 0.29) is 5.91 Å². The van der Waals surface area contributed by atoms with E-state index in [1.807, 2.05) is 0 Å². The maximum Gasteiger partial charge on any atom is 0.243 e. The zero-order valence-corrected chi connectivity index (χ0v) is 19.9. The van der Waals surface area contributed by atoms with Crippen LogP contribution in [0.5, 0.6) is 0 Å². The lowest BCUT2D eigenvalue weighted by Gasteiger charge is -2.36. The summed E-state index contributed by atoms with van der Waals surface area (Å²) in [7, 11) is -1.36. The average molecular weight is 465 g/mol. The molecule has 178 valence electrons. The van der Waals surface area contributed by atoms with Crippen LogP contribution in [0.2, 0.25) is 0 Å². The smallest absolute Gasteiger partial charge is 0.243 e. The molecule has 0 radical (unpaired) electrons. The first-order valence-electron chi connectivity index (χ1n) is 11.9. The predicted molar refractivity (Wildman–Crippen MR) is 124 cm³/mol. The van der Waals surface area contributed by atoms with Crippen molar-refractivity contribution in [2.75, 3.05) is 64.8 Å². The molecule has 32 heavy (non-hydrogen) atoms. The Kier molecular flexibility index (Phi) is 7.83. The normalized spacial score (nSPS) is 21.9. The Morgan fingerprint density at radius 3 is 2.62 bits per heavy atom. The number of piperidine rings is 1. The third-order valence-corrected chi connectivity index (χ3v) is 8.87. The maximum atomic E-state index is 13.3. The molecular weight excluding hydrogens is 428 g/mol. The third kappa shape index (κ3) is 5.69. The zero-order valence-electron chi connectivity index (χ0n) is 19.1. The van der Waals surface area contributed by atoms with Gasteiger partial charge in [0, 0.05) is 44.3 Å². The molecule has 1 aromatic carbocycles. The second kappa shape index (κ2) is 10.6. The molecule has 1 amide bonds. The number of amides is 1. The monoisotopic (exact) mass is 464 g/mol. The average Bonchev–Trinajstić information content (AvgIpc) is 2.99. The molecule has 1 aromatic rings. The van der Waals surface area contributed by atoms with Crippen LogP contribution in [0.15, 0.2) is 23.1 Å². The number of sulfonamides is 1. The Balaban J connectivity index is 1.29. The summed E-state index contributed by atoms with van der Waals surface area (Å²) in [6, 6.07) is 5.54. The van der Waals surface area contributed by atoms with Gasteiger partial charge < -0.3 is 15.0 Å². The van der Waals surface area contributed by atoms with E-state index in [1.165, 1.54) is 0 Å². The summed E-state index contributed by atoms with van der Waals surface area (Å²) >= 11 is 0. The molecule has 1 N–H and O–H groups in total. The summed E-state index contributed by atoms with van der Waals surface area (Å²) in [6.07, 6.45) is 4.77. The van der Waals surface area contributed by atoms with Crippen molar-refractivity contribution < 1.29 is 17.9 Å². The van der Waals surface area contributed by atoms with E-state index in [1.54, 1.807) is 22.5 Å². The first kappa shape index (κ1) is 23.6. The highest BCUT2D eigenvalue weighted by Gasteiger charge is 2.31. The van der Waals surface area contributed by atoms with Gasteiger partial charge in [-0.1, -0.05) is 0 Å². The number of carbonyl (C=O) groups is 1. The standard InChI is InChI=1S/C23H36N4O4S/c1-25(10-3-11-26-14-16-31-17-15-26)20-8-12-27(13-9-20)32(29,30)21-6-7-22-19(18-21)4-2-5-23(28)24-22/h6-7,18,20H,2-5,8-17H2,1H3,(H,24,28). The van der Waals surface area contributed by atoms with Crippen LogP contribution in [0.1, 0.15) is 37.7 Å². The fraction of sp³-hybridized carbons (Fsp3) is 0.696. The Morgan fingerprint density at radius 1 is 1.12 bits per heavy atom. The number of fused-ring (bicyclic) bond motifs is 1. The number of rotatable bonds is 7. The molecule has 0 aliphatic carbocycles. The molecule has 3 heterocycles. The minimum atomic E-state index is -3.52. The number of hydrogen-bond donors (Lipinski definition) is 1. The molecule has 0 atom stereocenters. The van der Waals surface area contributed by atoms with E-state index >= 15 is 0 Å². The van der Waals surface area contributed by atoms with Crippen molar-refractivity contribution in [3.05, 3.63) is 23.8 Å². The van der Waals surface area contributed by atoms with Crippen molar-refractivity contribution in [1.29, 1.82) is 0 Å². The van der Waals surface area contributed by atoms with E-state index in [4.69, 9.17) is 4.74 Å². The van der Waals surface area contributed by atoms with Crippen LogP contribution >= 0.6 is 0 Å². The van der Waals surface area contributed by atoms with Gasteiger partial charge in [-0.3, -0.25) is 9.69 Å². The van der Waals surface area contributed by atoms with Crippen LogP contribution in [-0.4, -0.2) is 94.0 Å². The summed E-state index contributed by atoms with van der Waals surface area (Å²) in [5.74, 6) is -0.00417. The molecule has 0 bridgehead atoms. The zero-order chi connectivity index (χ0) is 22.6. The minimum absolute atomic E-state index is 0.00417. The van der Waals surface area contributed by atoms with Gasteiger partial charge >= 0.3 is 0 Å². The summed E-state index contributed by atoms with van der Waals surface area (Å²) in [5, 5.41) is 2.87. The SMILES string of the molecule is CN(CCCN1CCOCC1)C1CCN(S(=O)(=O)c2ccc3c(c2)CCCC(=O)N3)CC1. The van der Waals surface area contributed by atoms with Gasteiger partial charge in [0.05, 0.1) is 18.1 Å². The molecule has 4 rings (SSSR count). The van der Waals surface area contributed by atoms with Crippen LogP contribution in [-0.2, 0) is 26.0 Å². The van der Waals surface area contributed by atoms with Crippen molar-refractivity contribution >= 4 is 21.6 Å². The van der Waals surface area contributed by atoms with Gasteiger partial charge in [-0.2, -0.15) is 4.31 Å². The van der Waals surface area contributed by atoms with E-state index < -0.39 is 10.0 Å². The number of aryl methyl sites for hydroxylation is 1. The topological polar surface area (TPSA) is 82.2 Å². The molecule has 0 unspecified atom stereocenters. The lowest BCUT2D eigenvalue weighted by molar-refractivity contribution is -0.116. The number of morpholine rings is 1. The summed E-state index contributed by atoms with van der Waals surface area (Å²) in [4.78, 5) is 17.0. The minimum Gasteiger partial charge on any atom is -0.379 e. The number of nitrogens with zero attached hydrogens (tertiary/aromatic N) is 3. The first-order chi connectivity index (χ1) is 15.4. The third-order valence-electron chi connectivity index (χ3n) is 6.97. The van der Waals surface area contributed by atoms with E-state index in [2.05, 4.69) is 22.2 Å². The number of anilines is 1.